The lowest BCUT2D eigenvalue weighted by Gasteiger charge is -2.35. The third kappa shape index (κ3) is 5.82. The summed E-state index contributed by atoms with van der Waals surface area (Å²) in [4.78, 5) is 0. The zero-order valence-corrected chi connectivity index (χ0v) is 11.0. The minimum atomic E-state index is 0.270. The highest BCUT2D eigenvalue weighted by Gasteiger charge is 2.26. The smallest absolute Gasteiger partial charge is 0.0443 e. The highest BCUT2D eigenvalue weighted by atomic mass is 16.3. The van der Waals surface area contributed by atoms with E-state index in [0.29, 0.717) is 12.1 Å². The van der Waals surface area contributed by atoms with Crippen molar-refractivity contribution in [3.63, 3.8) is 0 Å². The van der Waals surface area contributed by atoms with Crippen LogP contribution in [0.1, 0.15) is 39.0 Å². The largest absolute Gasteiger partial charge is 0.396 e. The van der Waals surface area contributed by atoms with Gasteiger partial charge in [-0.2, -0.15) is 0 Å². The van der Waals surface area contributed by atoms with Crippen molar-refractivity contribution in [3.05, 3.63) is 0 Å². The van der Waals surface area contributed by atoms with Gasteiger partial charge >= 0.3 is 0 Å². The molecular formula is C13H28N2O2. The SMILES string of the molecule is CC1CCC(NCCCO)CC1NCCCO. The van der Waals surface area contributed by atoms with E-state index in [1.54, 1.807) is 0 Å². The Morgan fingerprint density at radius 3 is 2.29 bits per heavy atom. The second-order valence-electron chi connectivity index (χ2n) is 5.16. The van der Waals surface area contributed by atoms with Crippen molar-refractivity contribution >= 4 is 0 Å². The van der Waals surface area contributed by atoms with Gasteiger partial charge in [0.15, 0.2) is 0 Å². The van der Waals surface area contributed by atoms with Crippen molar-refractivity contribution in [1.82, 2.24) is 10.6 Å². The Morgan fingerprint density at radius 2 is 1.65 bits per heavy atom. The molecule has 0 aromatic carbocycles. The number of nitrogens with one attached hydrogen (secondary N) is 2. The molecule has 1 rings (SSSR count). The average Bonchev–Trinajstić information content (AvgIpc) is 2.33. The molecule has 4 heteroatoms. The molecule has 0 saturated heterocycles. The number of aliphatic hydroxyl groups is 2. The van der Waals surface area contributed by atoms with Crippen LogP contribution in [0.3, 0.4) is 0 Å². The second kappa shape index (κ2) is 8.86. The lowest BCUT2D eigenvalue weighted by molar-refractivity contribution is 0.220. The van der Waals surface area contributed by atoms with Crippen molar-refractivity contribution in [2.75, 3.05) is 26.3 Å². The molecule has 4 nitrogen and oxygen atoms in total. The molecule has 0 aliphatic heterocycles. The molecule has 4 N–H and O–H groups in total. The van der Waals surface area contributed by atoms with E-state index in [1.807, 2.05) is 0 Å². The fourth-order valence-electron chi connectivity index (χ4n) is 2.54. The van der Waals surface area contributed by atoms with Gasteiger partial charge in [-0.3, -0.25) is 0 Å². The first-order chi connectivity index (χ1) is 8.27. The molecule has 0 heterocycles. The maximum absolute atomic E-state index is 8.78. The lowest BCUT2D eigenvalue weighted by Crippen LogP contribution is -2.46. The first-order valence-corrected chi connectivity index (χ1v) is 6.96. The number of hydrogen-bond acceptors (Lipinski definition) is 4. The molecule has 0 aromatic rings. The van der Waals surface area contributed by atoms with Gasteiger partial charge in [0.2, 0.25) is 0 Å². The molecule has 3 atom stereocenters. The van der Waals surface area contributed by atoms with Crippen LogP contribution in [0, 0.1) is 5.92 Å². The quantitative estimate of drug-likeness (QED) is 0.469. The highest BCUT2D eigenvalue weighted by Crippen LogP contribution is 2.24. The fourth-order valence-corrected chi connectivity index (χ4v) is 2.54. The molecule has 17 heavy (non-hydrogen) atoms. The monoisotopic (exact) mass is 244 g/mol. The Labute approximate surface area is 105 Å². The zero-order chi connectivity index (χ0) is 12.5. The van der Waals surface area contributed by atoms with E-state index in [-0.39, 0.29) is 13.2 Å². The molecule has 3 unspecified atom stereocenters. The number of aliphatic hydroxyl groups excluding tert-OH is 2. The van der Waals surface area contributed by atoms with E-state index in [1.165, 1.54) is 12.8 Å². The van der Waals surface area contributed by atoms with Crippen molar-refractivity contribution in [2.45, 2.75) is 51.1 Å². The predicted molar refractivity (Wildman–Crippen MR) is 70.0 cm³/mol. The van der Waals surface area contributed by atoms with Crippen LogP contribution in [0.15, 0.2) is 0 Å². The normalized spacial score (nSPS) is 29.5. The van der Waals surface area contributed by atoms with Crippen LogP contribution >= 0.6 is 0 Å². The molecule has 1 saturated carbocycles. The topological polar surface area (TPSA) is 64.5 Å². The molecule has 0 bridgehead atoms. The Balaban J connectivity index is 2.21. The molecule has 0 radical (unpaired) electrons. The van der Waals surface area contributed by atoms with Gasteiger partial charge in [0.1, 0.15) is 0 Å². The molecule has 0 spiro atoms. The summed E-state index contributed by atoms with van der Waals surface area (Å²) >= 11 is 0. The summed E-state index contributed by atoms with van der Waals surface area (Å²) in [5.41, 5.74) is 0. The molecule has 102 valence electrons. The van der Waals surface area contributed by atoms with Crippen LogP contribution in [0.5, 0.6) is 0 Å². The molecule has 1 aliphatic rings. The standard InChI is InChI=1S/C13H28N2O2/c1-11-4-5-12(14-6-2-8-16)10-13(11)15-7-3-9-17/h11-17H,2-10H2,1H3. The van der Waals surface area contributed by atoms with Gasteiger partial charge < -0.3 is 20.8 Å². The Bertz CT molecular complexity index is 190. The van der Waals surface area contributed by atoms with E-state index in [4.69, 9.17) is 10.2 Å². The van der Waals surface area contributed by atoms with Crippen molar-refractivity contribution < 1.29 is 10.2 Å². The van der Waals surface area contributed by atoms with Gasteiger partial charge in [0, 0.05) is 25.3 Å². The van der Waals surface area contributed by atoms with Crippen LogP contribution in [-0.4, -0.2) is 48.6 Å². The van der Waals surface area contributed by atoms with Crippen LogP contribution in [0.25, 0.3) is 0 Å². The van der Waals surface area contributed by atoms with Gasteiger partial charge in [-0.1, -0.05) is 6.92 Å². The Hall–Kier alpha value is -0.160. The predicted octanol–water partition coefficient (Wildman–Crippen LogP) is 0.488. The first-order valence-electron chi connectivity index (χ1n) is 6.96. The van der Waals surface area contributed by atoms with Crippen LogP contribution in [-0.2, 0) is 0 Å². The number of rotatable bonds is 8. The summed E-state index contributed by atoms with van der Waals surface area (Å²) in [5.74, 6) is 0.726. The third-order valence-electron chi connectivity index (χ3n) is 3.71. The minimum absolute atomic E-state index is 0.270. The van der Waals surface area contributed by atoms with Gasteiger partial charge in [-0.15, -0.1) is 0 Å². The summed E-state index contributed by atoms with van der Waals surface area (Å²) in [6, 6.07) is 1.16. The highest BCUT2D eigenvalue weighted by molar-refractivity contribution is 4.86. The number of hydrogen-bond donors (Lipinski definition) is 4. The minimum Gasteiger partial charge on any atom is -0.396 e. The third-order valence-corrected chi connectivity index (χ3v) is 3.71. The summed E-state index contributed by atoms with van der Waals surface area (Å²) in [7, 11) is 0. The molecule has 1 fully saturated rings. The van der Waals surface area contributed by atoms with Gasteiger partial charge in [0.25, 0.3) is 0 Å². The van der Waals surface area contributed by atoms with Crippen molar-refractivity contribution in [1.29, 1.82) is 0 Å². The molecule has 0 amide bonds. The Morgan fingerprint density at radius 1 is 1.00 bits per heavy atom. The van der Waals surface area contributed by atoms with Crippen molar-refractivity contribution in [3.8, 4) is 0 Å². The van der Waals surface area contributed by atoms with Crippen LogP contribution < -0.4 is 10.6 Å². The van der Waals surface area contributed by atoms with E-state index < -0.39 is 0 Å². The van der Waals surface area contributed by atoms with Gasteiger partial charge in [-0.25, -0.2) is 0 Å². The maximum atomic E-state index is 8.78. The van der Waals surface area contributed by atoms with E-state index in [9.17, 15) is 0 Å². The van der Waals surface area contributed by atoms with Crippen LogP contribution in [0.2, 0.25) is 0 Å². The molecular weight excluding hydrogens is 216 g/mol. The van der Waals surface area contributed by atoms with Crippen LogP contribution in [0.4, 0.5) is 0 Å². The van der Waals surface area contributed by atoms with E-state index in [0.717, 1.165) is 38.3 Å². The summed E-state index contributed by atoms with van der Waals surface area (Å²) in [6.07, 6.45) is 5.34. The van der Waals surface area contributed by atoms with Gasteiger partial charge in [0.05, 0.1) is 0 Å². The van der Waals surface area contributed by atoms with Crippen molar-refractivity contribution in [2.24, 2.45) is 5.92 Å². The molecule has 1 aliphatic carbocycles. The van der Waals surface area contributed by atoms with E-state index >= 15 is 0 Å². The average molecular weight is 244 g/mol. The van der Waals surface area contributed by atoms with E-state index in [2.05, 4.69) is 17.6 Å². The Kier molecular flexibility index (Phi) is 7.77. The summed E-state index contributed by atoms with van der Waals surface area (Å²) in [6.45, 7) is 4.68. The van der Waals surface area contributed by atoms with Gasteiger partial charge in [-0.05, 0) is 51.1 Å². The second-order valence-corrected chi connectivity index (χ2v) is 5.16. The zero-order valence-electron chi connectivity index (χ0n) is 11.0. The molecule has 0 aromatic heterocycles. The summed E-state index contributed by atoms with van der Waals surface area (Å²) in [5, 5.41) is 24.6. The summed E-state index contributed by atoms with van der Waals surface area (Å²) < 4.78 is 0. The lowest BCUT2D eigenvalue weighted by atomic mass is 9.82. The maximum Gasteiger partial charge on any atom is 0.0443 e. The first kappa shape index (κ1) is 14.9. The fraction of sp³-hybridized carbons (Fsp3) is 1.00.